The van der Waals surface area contributed by atoms with Crippen molar-refractivity contribution in [2.24, 2.45) is 0 Å². The molecule has 4 nitrogen and oxygen atoms in total. The molecule has 0 unspecified atom stereocenters. The Balaban J connectivity index is 1.54. The second-order valence-corrected chi connectivity index (χ2v) is 7.74. The summed E-state index contributed by atoms with van der Waals surface area (Å²) in [5, 5.41) is 2.74. The molecule has 0 aliphatic rings. The molecular formula is C20H21ClN2O2S. The first kappa shape index (κ1) is 18.7. The highest BCUT2D eigenvalue weighted by Crippen LogP contribution is 2.24. The molecule has 0 fully saturated rings. The number of nitrogens with zero attached hydrogens (tertiary/aromatic N) is 2. The molecule has 2 aromatic heterocycles. The lowest BCUT2D eigenvalue weighted by Gasteiger charge is -2.20. The molecule has 1 aromatic carbocycles. The average Bonchev–Trinajstić information content (AvgIpc) is 3.27. The summed E-state index contributed by atoms with van der Waals surface area (Å²) in [5.41, 5.74) is 0.963. The Bertz CT molecular complexity index is 843. The lowest BCUT2D eigenvalue weighted by molar-refractivity contribution is -0.131. The van der Waals surface area contributed by atoms with E-state index in [4.69, 9.17) is 16.0 Å². The van der Waals surface area contributed by atoms with Crippen LogP contribution < -0.4 is 0 Å². The highest BCUT2D eigenvalue weighted by molar-refractivity contribution is 7.09. The zero-order chi connectivity index (χ0) is 18.5. The van der Waals surface area contributed by atoms with E-state index in [0.29, 0.717) is 18.1 Å². The summed E-state index contributed by atoms with van der Waals surface area (Å²) < 4.78 is 5.87. The number of carbonyl (C=O) groups is 1. The first-order valence-corrected chi connectivity index (χ1v) is 9.56. The van der Waals surface area contributed by atoms with E-state index in [0.717, 1.165) is 23.6 Å². The Kier molecular flexibility index (Phi) is 6.14. The maximum atomic E-state index is 12.4. The maximum absolute atomic E-state index is 12.4. The number of hydrogen-bond acceptors (Lipinski definition) is 4. The van der Waals surface area contributed by atoms with Crippen molar-refractivity contribution in [3.63, 3.8) is 0 Å². The van der Waals surface area contributed by atoms with E-state index in [9.17, 15) is 4.79 Å². The Labute approximate surface area is 162 Å². The molecule has 0 saturated carbocycles. The Morgan fingerprint density at radius 3 is 2.54 bits per heavy atom. The van der Waals surface area contributed by atoms with Gasteiger partial charge in [-0.3, -0.25) is 9.69 Å². The predicted molar refractivity (Wildman–Crippen MR) is 106 cm³/mol. The zero-order valence-corrected chi connectivity index (χ0v) is 16.4. The third-order valence-corrected chi connectivity index (χ3v) is 5.13. The van der Waals surface area contributed by atoms with E-state index < -0.39 is 0 Å². The number of rotatable bonds is 7. The van der Waals surface area contributed by atoms with E-state index in [1.165, 1.54) is 4.88 Å². The maximum Gasteiger partial charge on any atom is 0.236 e. The SMILES string of the molecule is CN(CC(=O)N(C)Cc1ccc(-c2ccc(Cl)cc2)o1)Cc1cccs1. The molecule has 0 bridgehead atoms. The van der Waals surface area contributed by atoms with Gasteiger partial charge in [0.05, 0.1) is 13.1 Å². The van der Waals surface area contributed by atoms with Crippen LogP contribution >= 0.6 is 22.9 Å². The van der Waals surface area contributed by atoms with Crippen LogP contribution in [0.25, 0.3) is 11.3 Å². The van der Waals surface area contributed by atoms with Crippen molar-refractivity contribution in [1.29, 1.82) is 0 Å². The Morgan fingerprint density at radius 1 is 1.08 bits per heavy atom. The Morgan fingerprint density at radius 2 is 1.85 bits per heavy atom. The smallest absolute Gasteiger partial charge is 0.236 e. The minimum Gasteiger partial charge on any atom is -0.459 e. The van der Waals surface area contributed by atoms with Crippen molar-refractivity contribution in [2.45, 2.75) is 13.1 Å². The van der Waals surface area contributed by atoms with Gasteiger partial charge in [-0.1, -0.05) is 17.7 Å². The van der Waals surface area contributed by atoms with Crippen LogP contribution in [-0.4, -0.2) is 36.3 Å². The summed E-state index contributed by atoms with van der Waals surface area (Å²) in [5.74, 6) is 1.59. The summed E-state index contributed by atoms with van der Waals surface area (Å²) in [6.07, 6.45) is 0. The van der Waals surface area contributed by atoms with Crippen molar-refractivity contribution in [3.8, 4) is 11.3 Å². The van der Waals surface area contributed by atoms with E-state index in [-0.39, 0.29) is 5.91 Å². The molecule has 3 aromatic rings. The molecule has 26 heavy (non-hydrogen) atoms. The largest absolute Gasteiger partial charge is 0.459 e. The van der Waals surface area contributed by atoms with Gasteiger partial charge in [-0.2, -0.15) is 0 Å². The van der Waals surface area contributed by atoms with Gasteiger partial charge in [0.2, 0.25) is 5.91 Å². The van der Waals surface area contributed by atoms with Gasteiger partial charge in [-0.05, 0) is 54.9 Å². The molecule has 0 aliphatic heterocycles. The third-order valence-electron chi connectivity index (χ3n) is 4.02. The minimum atomic E-state index is 0.0634. The first-order chi connectivity index (χ1) is 12.5. The number of hydrogen-bond donors (Lipinski definition) is 0. The summed E-state index contributed by atoms with van der Waals surface area (Å²) in [6.45, 7) is 1.59. The van der Waals surface area contributed by atoms with Gasteiger partial charge in [0.15, 0.2) is 0 Å². The number of likely N-dealkylation sites (N-methyl/N-ethyl adjacent to an activating group) is 2. The van der Waals surface area contributed by atoms with Crippen molar-refractivity contribution in [1.82, 2.24) is 9.80 Å². The number of thiophene rings is 1. The number of benzene rings is 1. The van der Waals surface area contributed by atoms with Crippen molar-refractivity contribution < 1.29 is 9.21 Å². The fourth-order valence-electron chi connectivity index (χ4n) is 2.63. The molecule has 0 N–H and O–H groups in total. The second-order valence-electron chi connectivity index (χ2n) is 6.27. The van der Waals surface area contributed by atoms with Crippen LogP contribution in [0.5, 0.6) is 0 Å². The van der Waals surface area contributed by atoms with Gasteiger partial charge < -0.3 is 9.32 Å². The average molecular weight is 389 g/mol. The van der Waals surface area contributed by atoms with Gasteiger partial charge in [-0.15, -0.1) is 11.3 Å². The van der Waals surface area contributed by atoms with Gasteiger partial charge in [-0.25, -0.2) is 0 Å². The van der Waals surface area contributed by atoms with Crippen LogP contribution in [0.1, 0.15) is 10.6 Å². The molecule has 0 spiro atoms. The van der Waals surface area contributed by atoms with Crippen molar-refractivity contribution in [2.75, 3.05) is 20.6 Å². The van der Waals surface area contributed by atoms with Crippen LogP contribution in [0.15, 0.2) is 58.3 Å². The topological polar surface area (TPSA) is 36.7 Å². The number of furan rings is 1. The molecule has 136 valence electrons. The summed E-state index contributed by atoms with van der Waals surface area (Å²) in [6, 6.07) is 15.4. The second kappa shape index (κ2) is 8.54. The molecule has 0 radical (unpaired) electrons. The summed E-state index contributed by atoms with van der Waals surface area (Å²) >= 11 is 7.62. The van der Waals surface area contributed by atoms with E-state index in [2.05, 4.69) is 6.07 Å². The summed E-state index contributed by atoms with van der Waals surface area (Å²) in [7, 11) is 3.75. The van der Waals surface area contributed by atoms with E-state index in [1.807, 2.05) is 59.8 Å². The molecule has 1 amide bonds. The molecule has 0 atom stereocenters. The molecule has 2 heterocycles. The van der Waals surface area contributed by atoms with Gasteiger partial charge >= 0.3 is 0 Å². The zero-order valence-electron chi connectivity index (χ0n) is 14.8. The highest BCUT2D eigenvalue weighted by Gasteiger charge is 2.15. The lowest BCUT2D eigenvalue weighted by Crippen LogP contribution is -2.35. The molecule has 3 rings (SSSR count). The fourth-order valence-corrected chi connectivity index (χ4v) is 3.54. The van der Waals surface area contributed by atoms with Gasteiger partial charge in [0, 0.05) is 29.1 Å². The third kappa shape index (κ3) is 4.97. The van der Waals surface area contributed by atoms with E-state index >= 15 is 0 Å². The fraction of sp³-hybridized carbons (Fsp3) is 0.250. The molecule has 0 aliphatic carbocycles. The normalized spacial score (nSPS) is 11.1. The van der Waals surface area contributed by atoms with Crippen molar-refractivity contribution >= 4 is 28.8 Å². The van der Waals surface area contributed by atoms with E-state index in [1.54, 1.807) is 23.3 Å². The molecule has 6 heteroatoms. The van der Waals surface area contributed by atoms with Crippen molar-refractivity contribution in [3.05, 3.63) is 69.6 Å². The number of amides is 1. The van der Waals surface area contributed by atoms with Crippen LogP contribution in [0.2, 0.25) is 5.02 Å². The monoisotopic (exact) mass is 388 g/mol. The first-order valence-electron chi connectivity index (χ1n) is 8.31. The van der Waals surface area contributed by atoms with Gasteiger partial charge in [0.25, 0.3) is 0 Å². The Hall–Kier alpha value is -2.08. The van der Waals surface area contributed by atoms with Crippen LogP contribution in [0.3, 0.4) is 0 Å². The van der Waals surface area contributed by atoms with Crippen LogP contribution in [-0.2, 0) is 17.9 Å². The lowest BCUT2D eigenvalue weighted by atomic mass is 10.2. The minimum absolute atomic E-state index is 0.0634. The number of carbonyl (C=O) groups excluding carboxylic acids is 1. The summed E-state index contributed by atoms with van der Waals surface area (Å²) in [4.78, 5) is 17.4. The predicted octanol–water partition coefficient (Wildman–Crippen LogP) is 4.75. The molecular weight excluding hydrogens is 368 g/mol. The highest BCUT2D eigenvalue weighted by atomic mass is 35.5. The van der Waals surface area contributed by atoms with Crippen LogP contribution in [0, 0.1) is 0 Å². The molecule has 0 saturated heterocycles. The van der Waals surface area contributed by atoms with Crippen LogP contribution in [0.4, 0.5) is 0 Å². The number of halogens is 1. The van der Waals surface area contributed by atoms with Gasteiger partial charge in [0.1, 0.15) is 11.5 Å². The quantitative estimate of drug-likeness (QED) is 0.586. The standard InChI is InChI=1S/C20H21ClN2O2S/c1-22(13-18-4-3-11-26-18)14-20(24)23(2)12-17-9-10-19(25-17)15-5-7-16(21)8-6-15/h3-11H,12-14H2,1-2H3.